The summed E-state index contributed by atoms with van der Waals surface area (Å²) in [7, 11) is 0. The Morgan fingerprint density at radius 2 is 2.05 bits per heavy atom. The Bertz CT molecular complexity index is 760. The first-order chi connectivity index (χ1) is 10.1. The predicted molar refractivity (Wildman–Crippen MR) is 83.4 cm³/mol. The van der Waals surface area contributed by atoms with Crippen LogP contribution >= 0.6 is 0 Å². The van der Waals surface area contributed by atoms with Crippen LogP contribution in [0.15, 0.2) is 36.5 Å². The van der Waals surface area contributed by atoms with Crippen molar-refractivity contribution >= 4 is 10.9 Å². The summed E-state index contributed by atoms with van der Waals surface area (Å²) in [5.41, 5.74) is 3.94. The molecule has 0 aliphatic rings. The van der Waals surface area contributed by atoms with Gasteiger partial charge in [-0.2, -0.15) is 0 Å². The second-order valence-corrected chi connectivity index (χ2v) is 5.47. The van der Waals surface area contributed by atoms with E-state index in [1.54, 1.807) is 6.20 Å². The first kappa shape index (κ1) is 13.7. The van der Waals surface area contributed by atoms with Gasteiger partial charge in [0, 0.05) is 23.7 Å². The maximum absolute atomic E-state index is 4.66. The van der Waals surface area contributed by atoms with Crippen molar-refractivity contribution in [1.82, 2.24) is 25.3 Å². The van der Waals surface area contributed by atoms with Crippen LogP contribution < -0.4 is 5.32 Å². The summed E-state index contributed by atoms with van der Waals surface area (Å²) in [6, 6.07) is 10.6. The van der Waals surface area contributed by atoms with E-state index in [2.05, 4.69) is 46.6 Å². The quantitative estimate of drug-likeness (QED) is 0.798. The summed E-state index contributed by atoms with van der Waals surface area (Å²) >= 11 is 0. The third kappa shape index (κ3) is 2.78. The van der Waals surface area contributed by atoms with Crippen molar-refractivity contribution in [3.05, 3.63) is 47.9 Å². The molecule has 0 fully saturated rings. The molecule has 5 heteroatoms. The summed E-state index contributed by atoms with van der Waals surface area (Å²) in [6.45, 7) is 6.97. The van der Waals surface area contributed by atoms with Gasteiger partial charge in [0.05, 0.1) is 23.1 Å². The van der Waals surface area contributed by atoms with Crippen LogP contribution in [-0.2, 0) is 6.54 Å². The van der Waals surface area contributed by atoms with Gasteiger partial charge in [0.2, 0.25) is 0 Å². The molecule has 3 aromatic rings. The average Bonchev–Trinajstić information content (AvgIpc) is 2.92. The fourth-order valence-electron chi connectivity index (χ4n) is 2.29. The lowest BCUT2D eigenvalue weighted by molar-refractivity contribution is 0.570. The summed E-state index contributed by atoms with van der Waals surface area (Å²) in [4.78, 5) is 4.66. The second-order valence-electron chi connectivity index (χ2n) is 5.47. The van der Waals surface area contributed by atoms with Gasteiger partial charge < -0.3 is 5.32 Å². The summed E-state index contributed by atoms with van der Waals surface area (Å²) < 4.78 is 1.87. The van der Waals surface area contributed by atoms with Crippen LogP contribution in [0.25, 0.3) is 16.6 Å². The lowest BCUT2D eigenvalue weighted by atomic mass is 10.1. The molecule has 3 rings (SSSR count). The number of aromatic nitrogens is 4. The van der Waals surface area contributed by atoms with E-state index in [1.807, 2.05) is 29.8 Å². The minimum Gasteiger partial charge on any atom is -0.309 e. The SMILES string of the molecule is Cc1ccc2cccc(-n3nncc3CNC(C)C)c2n1. The van der Waals surface area contributed by atoms with Crippen molar-refractivity contribution in [1.29, 1.82) is 0 Å². The van der Waals surface area contributed by atoms with Crippen LogP contribution in [0.5, 0.6) is 0 Å². The molecule has 0 unspecified atom stereocenters. The van der Waals surface area contributed by atoms with Crippen molar-refractivity contribution < 1.29 is 0 Å². The highest BCUT2D eigenvalue weighted by molar-refractivity contribution is 5.86. The van der Waals surface area contributed by atoms with Crippen molar-refractivity contribution in [2.24, 2.45) is 0 Å². The van der Waals surface area contributed by atoms with Gasteiger partial charge >= 0.3 is 0 Å². The molecule has 0 amide bonds. The number of hydrogen-bond acceptors (Lipinski definition) is 4. The third-order valence-electron chi connectivity index (χ3n) is 3.38. The number of nitrogens with zero attached hydrogens (tertiary/aromatic N) is 4. The molecule has 0 radical (unpaired) electrons. The molecule has 1 N–H and O–H groups in total. The molecule has 0 aliphatic carbocycles. The Morgan fingerprint density at radius 1 is 1.19 bits per heavy atom. The number of nitrogens with one attached hydrogen (secondary N) is 1. The van der Waals surface area contributed by atoms with E-state index < -0.39 is 0 Å². The van der Waals surface area contributed by atoms with Gasteiger partial charge in [0.15, 0.2) is 0 Å². The van der Waals surface area contributed by atoms with Crippen LogP contribution in [0, 0.1) is 6.92 Å². The Morgan fingerprint density at radius 3 is 2.86 bits per heavy atom. The summed E-state index contributed by atoms with van der Waals surface area (Å²) in [5.74, 6) is 0. The second kappa shape index (κ2) is 5.61. The zero-order valence-corrected chi connectivity index (χ0v) is 12.5. The minimum absolute atomic E-state index is 0.418. The van der Waals surface area contributed by atoms with Crippen LogP contribution in [-0.4, -0.2) is 26.0 Å². The molecular weight excluding hydrogens is 262 g/mol. The maximum Gasteiger partial charge on any atom is 0.0962 e. The van der Waals surface area contributed by atoms with Gasteiger partial charge in [-0.05, 0) is 19.1 Å². The monoisotopic (exact) mass is 281 g/mol. The molecule has 0 bridgehead atoms. The highest BCUT2D eigenvalue weighted by atomic mass is 15.4. The van der Waals surface area contributed by atoms with E-state index in [1.165, 1.54) is 0 Å². The average molecular weight is 281 g/mol. The Kier molecular flexibility index (Phi) is 3.66. The zero-order chi connectivity index (χ0) is 14.8. The van der Waals surface area contributed by atoms with Crippen molar-refractivity contribution in [2.75, 3.05) is 0 Å². The topological polar surface area (TPSA) is 55.6 Å². The molecule has 108 valence electrons. The normalized spacial score (nSPS) is 11.4. The lowest BCUT2D eigenvalue weighted by Gasteiger charge is -2.11. The molecule has 0 aliphatic heterocycles. The van der Waals surface area contributed by atoms with E-state index in [4.69, 9.17) is 0 Å². The molecule has 0 saturated carbocycles. The first-order valence-electron chi connectivity index (χ1n) is 7.15. The van der Waals surface area contributed by atoms with E-state index in [0.29, 0.717) is 6.04 Å². The maximum atomic E-state index is 4.66. The van der Waals surface area contributed by atoms with Crippen molar-refractivity contribution in [2.45, 2.75) is 33.4 Å². The Balaban J connectivity index is 2.09. The Labute approximate surface area is 124 Å². The number of aryl methyl sites for hydroxylation is 1. The Hall–Kier alpha value is -2.27. The first-order valence-corrected chi connectivity index (χ1v) is 7.15. The predicted octanol–water partition coefficient (Wildman–Crippen LogP) is 2.62. The minimum atomic E-state index is 0.418. The number of pyridine rings is 1. The van der Waals surface area contributed by atoms with Gasteiger partial charge in [-0.1, -0.05) is 37.3 Å². The fourth-order valence-corrected chi connectivity index (χ4v) is 2.29. The summed E-state index contributed by atoms with van der Waals surface area (Å²) in [6.07, 6.45) is 1.80. The van der Waals surface area contributed by atoms with Gasteiger partial charge in [0.25, 0.3) is 0 Å². The number of para-hydroxylation sites is 1. The van der Waals surface area contributed by atoms with Crippen LogP contribution in [0.2, 0.25) is 0 Å². The van der Waals surface area contributed by atoms with Crippen molar-refractivity contribution in [3.63, 3.8) is 0 Å². The van der Waals surface area contributed by atoms with Gasteiger partial charge in [-0.25, -0.2) is 4.68 Å². The fraction of sp³-hybridized carbons (Fsp3) is 0.312. The smallest absolute Gasteiger partial charge is 0.0962 e. The highest BCUT2D eigenvalue weighted by Crippen LogP contribution is 2.21. The molecule has 2 heterocycles. The van der Waals surface area contributed by atoms with E-state index in [9.17, 15) is 0 Å². The molecule has 5 nitrogen and oxygen atoms in total. The number of benzene rings is 1. The third-order valence-corrected chi connectivity index (χ3v) is 3.38. The largest absolute Gasteiger partial charge is 0.309 e. The van der Waals surface area contributed by atoms with Crippen LogP contribution in [0.4, 0.5) is 0 Å². The number of hydrogen-bond donors (Lipinski definition) is 1. The van der Waals surface area contributed by atoms with Gasteiger partial charge in [-0.3, -0.25) is 4.98 Å². The molecule has 1 aromatic carbocycles. The molecule has 0 saturated heterocycles. The van der Waals surface area contributed by atoms with E-state index >= 15 is 0 Å². The molecular formula is C16H19N5. The standard InChI is InChI=1S/C16H19N5/c1-11(2)17-9-14-10-18-20-21(14)15-6-4-5-13-8-7-12(3)19-16(13)15/h4-8,10-11,17H,9H2,1-3H3. The number of fused-ring (bicyclic) bond motifs is 1. The molecule has 21 heavy (non-hydrogen) atoms. The van der Waals surface area contributed by atoms with Crippen LogP contribution in [0.1, 0.15) is 25.2 Å². The number of rotatable bonds is 4. The molecule has 0 atom stereocenters. The van der Waals surface area contributed by atoms with Gasteiger partial charge in [0.1, 0.15) is 0 Å². The van der Waals surface area contributed by atoms with Crippen LogP contribution in [0.3, 0.4) is 0 Å². The van der Waals surface area contributed by atoms with E-state index in [0.717, 1.165) is 34.5 Å². The van der Waals surface area contributed by atoms with Crippen molar-refractivity contribution in [3.8, 4) is 5.69 Å². The zero-order valence-electron chi connectivity index (χ0n) is 12.5. The summed E-state index contributed by atoms with van der Waals surface area (Å²) in [5, 5.41) is 12.8. The van der Waals surface area contributed by atoms with Gasteiger partial charge in [-0.15, -0.1) is 5.10 Å². The highest BCUT2D eigenvalue weighted by Gasteiger charge is 2.11. The molecule has 2 aromatic heterocycles. The lowest BCUT2D eigenvalue weighted by Crippen LogP contribution is -2.23. The molecule has 0 spiro atoms. The van der Waals surface area contributed by atoms with E-state index in [-0.39, 0.29) is 0 Å².